The second-order valence-corrected chi connectivity index (χ2v) is 6.05. The van der Waals surface area contributed by atoms with Crippen LogP contribution in [0.3, 0.4) is 0 Å². The van der Waals surface area contributed by atoms with Crippen LogP contribution >= 0.6 is 0 Å². The van der Waals surface area contributed by atoms with E-state index >= 15 is 0 Å². The Hall–Kier alpha value is -3.42. The quantitative estimate of drug-likeness (QED) is 0.595. The standard InChI is InChI=1S/C21H25NO7/c1-22(12-14-8-6-7-9-16(14)25-2)20(23)13-29-21(24)15-10-18(27-4)19(28-5)11-17(15)26-3/h6-11H,12-13H2,1-5H3. The molecule has 0 aromatic heterocycles. The van der Waals surface area contributed by atoms with E-state index in [0.29, 0.717) is 23.8 Å². The number of rotatable bonds is 9. The van der Waals surface area contributed by atoms with Crippen molar-refractivity contribution in [1.82, 2.24) is 4.90 Å². The van der Waals surface area contributed by atoms with Crippen molar-refractivity contribution < 1.29 is 33.3 Å². The fraction of sp³-hybridized carbons (Fsp3) is 0.333. The Kier molecular flexibility index (Phi) is 7.70. The molecule has 0 fully saturated rings. The smallest absolute Gasteiger partial charge is 0.342 e. The van der Waals surface area contributed by atoms with Crippen LogP contribution < -0.4 is 18.9 Å². The van der Waals surface area contributed by atoms with Gasteiger partial charge in [-0.05, 0) is 6.07 Å². The molecule has 156 valence electrons. The third kappa shape index (κ3) is 5.31. The van der Waals surface area contributed by atoms with Crippen LogP contribution in [0.4, 0.5) is 0 Å². The van der Waals surface area contributed by atoms with Gasteiger partial charge in [0.15, 0.2) is 18.1 Å². The van der Waals surface area contributed by atoms with Gasteiger partial charge in [-0.1, -0.05) is 18.2 Å². The number of amides is 1. The first-order valence-electron chi connectivity index (χ1n) is 8.78. The minimum atomic E-state index is -0.707. The molecular formula is C21H25NO7. The van der Waals surface area contributed by atoms with Crippen molar-refractivity contribution in [2.75, 3.05) is 42.1 Å². The predicted molar refractivity (Wildman–Crippen MR) is 106 cm³/mol. The lowest BCUT2D eigenvalue weighted by Crippen LogP contribution is -2.31. The van der Waals surface area contributed by atoms with Crippen molar-refractivity contribution in [1.29, 1.82) is 0 Å². The van der Waals surface area contributed by atoms with Gasteiger partial charge in [0.1, 0.15) is 17.1 Å². The van der Waals surface area contributed by atoms with Crippen molar-refractivity contribution in [2.45, 2.75) is 6.54 Å². The SMILES string of the molecule is COc1ccccc1CN(C)C(=O)COC(=O)c1cc(OC)c(OC)cc1OC. The Morgan fingerprint density at radius 3 is 2.03 bits per heavy atom. The van der Waals surface area contributed by atoms with E-state index in [1.54, 1.807) is 14.2 Å². The van der Waals surface area contributed by atoms with E-state index in [2.05, 4.69) is 0 Å². The lowest BCUT2D eigenvalue weighted by atomic mass is 10.1. The van der Waals surface area contributed by atoms with Gasteiger partial charge in [-0.2, -0.15) is 0 Å². The van der Waals surface area contributed by atoms with E-state index in [0.717, 1.165) is 5.56 Å². The fourth-order valence-electron chi connectivity index (χ4n) is 2.68. The molecular weight excluding hydrogens is 378 g/mol. The number of carbonyl (C=O) groups excluding carboxylic acids is 2. The van der Waals surface area contributed by atoms with Gasteiger partial charge in [-0.25, -0.2) is 4.79 Å². The Morgan fingerprint density at radius 1 is 0.828 bits per heavy atom. The topological polar surface area (TPSA) is 83.5 Å². The van der Waals surface area contributed by atoms with E-state index in [4.69, 9.17) is 23.7 Å². The first-order chi connectivity index (χ1) is 13.9. The summed E-state index contributed by atoms with van der Waals surface area (Å²) in [7, 11) is 7.55. The number of likely N-dealkylation sites (N-methyl/N-ethyl adjacent to an activating group) is 1. The lowest BCUT2D eigenvalue weighted by molar-refractivity contribution is -0.133. The molecule has 0 radical (unpaired) electrons. The monoisotopic (exact) mass is 403 g/mol. The van der Waals surface area contributed by atoms with Crippen LogP contribution in [-0.2, 0) is 16.1 Å². The summed E-state index contributed by atoms with van der Waals surface area (Å²) in [5, 5.41) is 0. The van der Waals surface area contributed by atoms with Crippen LogP contribution in [-0.4, -0.2) is 58.9 Å². The minimum absolute atomic E-state index is 0.130. The summed E-state index contributed by atoms with van der Waals surface area (Å²) in [6.45, 7) is -0.0952. The highest BCUT2D eigenvalue weighted by molar-refractivity contribution is 5.95. The van der Waals surface area contributed by atoms with Gasteiger partial charge in [-0.3, -0.25) is 4.79 Å². The average Bonchev–Trinajstić information content (AvgIpc) is 2.76. The molecule has 0 saturated carbocycles. The maximum atomic E-state index is 12.5. The molecule has 2 rings (SSSR count). The first kappa shape index (κ1) is 21.9. The molecule has 8 nitrogen and oxygen atoms in total. The number of hydrogen-bond acceptors (Lipinski definition) is 7. The highest BCUT2D eigenvalue weighted by Crippen LogP contribution is 2.34. The second kappa shape index (κ2) is 10.2. The van der Waals surface area contributed by atoms with Crippen molar-refractivity contribution in [3.63, 3.8) is 0 Å². The molecule has 0 aliphatic rings. The van der Waals surface area contributed by atoms with E-state index in [-0.39, 0.29) is 17.2 Å². The number of methoxy groups -OCH3 is 4. The highest BCUT2D eigenvalue weighted by Gasteiger charge is 2.21. The summed E-state index contributed by atoms with van der Waals surface area (Å²) < 4.78 is 26.1. The average molecular weight is 403 g/mol. The molecule has 0 aliphatic heterocycles. The lowest BCUT2D eigenvalue weighted by Gasteiger charge is -2.19. The number of nitrogens with zero attached hydrogens (tertiary/aromatic N) is 1. The third-order valence-corrected chi connectivity index (χ3v) is 4.28. The highest BCUT2D eigenvalue weighted by atomic mass is 16.5. The second-order valence-electron chi connectivity index (χ2n) is 6.05. The van der Waals surface area contributed by atoms with Crippen LogP contribution in [0.25, 0.3) is 0 Å². The van der Waals surface area contributed by atoms with Gasteiger partial charge in [0.25, 0.3) is 5.91 Å². The zero-order valence-corrected chi connectivity index (χ0v) is 17.2. The molecule has 0 unspecified atom stereocenters. The predicted octanol–water partition coefficient (Wildman–Crippen LogP) is 2.54. The third-order valence-electron chi connectivity index (χ3n) is 4.28. The summed E-state index contributed by atoms with van der Waals surface area (Å²) in [5.41, 5.74) is 0.976. The Balaban J connectivity index is 2.05. The zero-order chi connectivity index (χ0) is 21.4. The van der Waals surface area contributed by atoms with Crippen molar-refractivity contribution in [3.05, 3.63) is 47.5 Å². The molecule has 0 spiro atoms. The molecule has 2 aromatic carbocycles. The van der Waals surface area contributed by atoms with Crippen molar-refractivity contribution in [3.8, 4) is 23.0 Å². The molecule has 0 heterocycles. The number of hydrogen-bond donors (Lipinski definition) is 0. The van der Waals surface area contributed by atoms with E-state index in [1.807, 2.05) is 24.3 Å². The van der Waals surface area contributed by atoms with Crippen molar-refractivity contribution >= 4 is 11.9 Å². The largest absolute Gasteiger partial charge is 0.496 e. The van der Waals surface area contributed by atoms with Gasteiger partial charge in [0.2, 0.25) is 0 Å². The summed E-state index contributed by atoms with van der Waals surface area (Å²) >= 11 is 0. The number of carbonyl (C=O) groups is 2. The van der Waals surface area contributed by atoms with Crippen LogP contribution in [0.1, 0.15) is 15.9 Å². The van der Waals surface area contributed by atoms with Crippen LogP contribution in [0, 0.1) is 0 Å². The molecule has 0 saturated heterocycles. The van der Waals surface area contributed by atoms with Crippen LogP contribution in [0.5, 0.6) is 23.0 Å². The zero-order valence-electron chi connectivity index (χ0n) is 17.2. The summed E-state index contributed by atoms with van der Waals surface area (Å²) in [4.78, 5) is 26.3. The van der Waals surface area contributed by atoms with Gasteiger partial charge in [0.05, 0.1) is 28.4 Å². The van der Waals surface area contributed by atoms with Gasteiger partial charge in [-0.15, -0.1) is 0 Å². The van der Waals surface area contributed by atoms with E-state index in [9.17, 15) is 9.59 Å². The minimum Gasteiger partial charge on any atom is -0.496 e. The van der Waals surface area contributed by atoms with Crippen LogP contribution in [0.2, 0.25) is 0 Å². The summed E-state index contributed by atoms with van der Waals surface area (Å²) in [6, 6.07) is 10.4. The Labute approximate surface area is 169 Å². The van der Waals surface area contributed by atoms with Gasteiger partial charge in [0, 0.05) is 31.3 Å². The van der Waals surface area contributed by atoms with E-state index in [1.165, 1.54) is 38.4 Å². The maximum absolute atomic E-state index is 12.5. The number of benzene rings is 2. The number of ether oxygens (including phenoxy) is 5. The summed E-state index contributed by atoms with van der Waals surface area (Å²) in [5.74, 6) is 0.626. The maximum Gasteiger partial charge on any atom is 0.342 e. The molecule has 2 aromatic rings. The normalized spacial score (nSPS) is 10.1. The molecule has 1 amide bonds. The molecule has 29 heavy (non-hydrogen) atoms. The van der Waals surface area contributed by atoms with E-state index < -0.39 is 12.6 Å². The molecule has 8 heteroatoms. The molecule has 0 aliphatic carbocycles. The fourth-order valence-corrected chi connectivity index (χ4v) is 2.68. The molecule has 0 bridgehead atoms. The Bertz CT molecular complexity index is 866. The number of para-hydroxylation sites is 1. The van der Waals surface area contributed by atoms with Gasteiger partial charge < -0.3 is 28.6 Å². The van der Waals surface area contributed by atoms with Gasteiger partial charge >= 0.3 is 5.97 Å². The molecule has 0 atom stereocenters. The first-order valence-corrected chi connectivity index (χ1v) is 8.78. The van der Waals surface area contributed by atoms with Crippen LogP contribution in [0.15, 0.2) is 36.4 Å². The van der Waals surface area contributed by atoms with Crippen molar-refractivity contribution in [2.24, 2.45) is 0 Å². The molecule has 0 N–H and O–H groups in total. The summed E-state index contributed by atoms with van der Waals surface area (Å²) in [6.07, 6.45) is 0. The number of esters is 1. The Morgan fingerprint density at radius 2 is 1.41 bits per heavy atom.